The van der Waals surface area contributed by atoms with Crippen LogP contribution in [0.2, 0.25) is 0 Å². The van der Waals surface area contributed by atoms with E-state index >= 15 is 0 Å². The molecule has 1 saturated heterocycles. The second-order valence-corrected chi connectivity index (χ2v) is 4.58. The van der Waals surface area contributed by atoms with Crippen LogP contribution in [0.3, 0.4) is 0 Å². The Labute approximate surface area is 95.1 Å². The molecule has 1 heterocycles. The third-order valence-corrected chi connectivity index (χ3v) is 2.95. The van der Waals surface area contributed by atoms with Gasteiger partial charge in [-0.2, -0.15) is 0 Å². The van der Waals surface area contributed by atoms with E-state index in [4.69, 9.17) is 0 Å². The minimum Gasteiger partial charge on any atom is -0.333 e. The molecule has 16 heavy (non-hydrogen) atoms. The molecule has 2 rings (SSSR count). The van der Waals surface area contributed by atoms with Crippen LogP contribution in [0.25, 0.3) is 0 Å². The summed E-state index contributed by atoms with van der Waals surface area (Å²) in [5.74, 6) is 0.396. The molecule has 3 heteroatoms. The lowest BCUT2D eigenvalue weighted by atomic mass is 10.0. The van der Waals surface area contributed by atoms with Gasteiger partial charge in [0.15, 0.2) is 0 Å². The van der Waals surface area contributed by atoms with Crippen LogP contribution in [0.5, 0.6) is 0 Å². The van der Waals surface area contributed by atoms with Crippen LogP contribution in [0.15, 0.2) is 24.3 Å². The Kier molecular flexibility index (Phi) is 2.95. The molecule has 0 radical (unpaired) electrons. The number of hydrogen-bond donors (Lipinski definition) is 0. The van der Waals surface area contributed by atoms with Gasteiger partial charge in [0.25, 0.3) is 5.91 Å². The molecule has 0 N–H and O–H groups in total. The van der Waals surface area contributed by atoms with Gasteiger partial charge in [0, 0.05) is 5.56 Å². The molecular formula is C13H16FNO. The Morgan fingerprint density at radius 1 is 1.31 bits per heavy atom. The van der Waals surface area contributed by atoms with E-state index in [1.165, 1.54) is 10.5 Å². The van der Waals surface area contributed by atoms with Crippen LogP contribution in [0, 0.1) is 0 Å². The average molecular weight is 221 g/mol. The molecule has 0 bridgehead atoms. The monoisotopic (exact) mass is 221 g/mol. The van der Waals surface area contributed by atoms with Crippen molar-refractivity contribution in [2.45, 2.75) is 25.9 Å². The second kappa shape index (κ2) is 4.24. The minimum absolute atomic E-state index is 0.0655. The van der Waals surface area contributed by atoms with Gasteiger partial charge < -0.3 is 4.90 Å². The summed E-state index contributed by atoms with van der Waals surface area (Å²) >= 11 is 0. The number of carbonyl (C=O) groups excluding carboxylic acids is 1. The van der Waals surface area contributed by atoms with E-state index in [0.29, 0.717) is 11.5 Å². The van der Waals surface area contributed by atoms with Gasteiger partial charge in [-0.25, -0.2) is 4.39 Å². The van der Waals surface area contributed by atoms with Crippen LogP contribution in [0.1, 0.15) is 35.7 Å². The molecule has 86 valence electrons. The van der Waals surface area contributed by atoms with Crippen LogP contribution in [-0.4, -0.2) is 30.1 Å². The number of rotatable bonds is 2. The normalized spacial score (nSPS) is 16.4. The van der Waals surface area contributed by atoms with Crippen molar-refractivity contribution in [3.63, 3.8) is 0 Å². The molecule has 1 aromatic carbocycles. The molecule has 0 spiro atoms. The van der Waals surface area contributed by atoms with Crippen LogP contribution < -0.4 is 0 Å². The number of benzene rings is 1. The lowest BCUT2D eigenvalue weighted by Crippen LogP contribution is -2.51. The Hall–Kier alpha value is -1.38. The zero-order valence-electron chi connectivity index (χ0n) is 9.61. The van der Waals surface area contributed by atoms with Crippen molar-refractivity contribution in [2.24, 2.45) is 0 Å². The molecule has 1 amide bonds. The molecule has 1 fully saturated rings. The van der Waals surface area contributed by atoms with Crippen molar-refractivity contribution in [3.8, 4) is 0 Å². The van der Waals surface area contributed by atoms with Crippen molar-refractivity contribution in [1.82, 2.24) is 4.90 Å². The van der Waals surface area contributed by atoms with Crippen molar-refractivity contribution < 1.29 is 9.18 Å². The van der Waals surface area contributed by atoms with E-state index in [1.807, 2.05) is 24.3 Å². The molecule has 1 aromatic rings. The van der Waals surface area contributed by atoms with E-state index in [1.54, 1.807) is 0 Å². The van der Waals surface area contributed by atoms with Crippen LogP contribution in [-0.2, 0) is 0 Å². The number of nitrogens with zero attached hydrogens (tertiary/aromatic N) is 1. The summed E-state index contributed by atoms with van der Waals surface area (Å²) in [6.07, 6.45) is -0.834. The molecular weight excluding hydrogens is 205 g/mol. The summed E-state index contributed by atoms with van der Waals surface area (Å²) in [4.78, 5) is 13.3. The summed E-state index contributed by atoms with van der Waals surface area (Å²) in [6.45, 7) is 4.70. The first kappa shape index (κ1) is 11.1. The molecule has 1 aliphatic rings. The number of likely N-dealkylation sites (tertiary alicyclic amines) is 1. The highest BCUT2D eigenvalue weighted by atomic mass is 19.1. The number of alkyl halides is 1. The number of amides is 1. The predicted octanol–water partition coefficient (Wildman–Crippen LogP) is 2.60. The largest absolute Gasteiger partial charge is 0.333 e. The van der Waals surface area contributed by atoms with Gasteiger partial charge in [-0.15, -0.1) is 0 Å². The molecule has 0 unspecified atom stereocenters. The highest BCUT2D eigenvalue weighted by Gasteiger charge is 2.30. The summed E-state index contributed by atoms with van der Waals surface area (Å²) in [7, 11) is 0. The molecule has 0 aliphatic carbocycles. The standard InChI is InChI=1S/C13H16FNO/c1-9(2)10-3-5-11(6-4-10)13(16)15-7-12(14)8-15/h3-6,9,12H,7-8H2,1-2H3. The molecule has 0 saturated carbocycles. The van der Waals surface area contributed by atoms with E-state index in [2.05, 4.69) is 13.8 Å². The Bertz CT molecular complexity index is 379. The van der Waals surface area contributed by atoms with Gasteiger partial charge in [0.2, 0.25) is 0 Å². The Balaban J connectivity index is 2.07. The first-order valence-electron chi connectivity index (χ1n) is 5.61. The first-order valence-corrected chi connectivity index (χ1v) is 5.61. The Morgan fingerprint density at radius 3 is 2.31 bits per heavy atom. The van der Waals surface area contributed by atoms with Crippen molar-refractivity contribution in [3.05, 3.63) is 35.4 Å². The highest BCUT2D eigenvalue weighted by molar-refractivity contribution is 5.94. The molecule has 0 aromatic heterocycles. The zero-order chi connectivity index (χ0) is 11.7. The second-order valence-electron chi connectivity index (χ2n) is 4.58. The zero-order valence-corrected chi connectivity index (χ0v) is 9.61. The number of halogens is 1. The maximum Gasteiger partial charge on any atom is 0.254 e. The fraction of sp³-hybridized carbons (Fsp3) is 0.462. The van der Waals surface area contributed by atoms with Gasteiger partial charge >= 0.3 is 0 Å². The number of carbonyl (C=O) groups is 1. The van der Waals surface area contributed by atoms with Gasteiger partial charge in [-0.05, 0) is 23.6 Å². The van der Waals surface area contributed by atoms with Crippen LogP contribution >= 0.6 is 0 Å². The first-order chi connectivity index (χ1) is 7.58. The summed E-state index contributed by atoms with van der Waals surface area (Å²) in [5, 5.41) is 0. The SMILES string of the molecule is CC(C)c1ccc(C(=O)N2CC(F)C2)cc1. The minimum atomic E-state index is -0.834. The van der Waals surface area contributed by atoms with E-state index in [9.17, 15) is 9.18 Å². The van der Waals surface area contributed by atoms with E-state index < -0.39 is 6.17 Å². The van der Waals surface area contributed by atoms with Crippen molar-refractivity contribution in [1.29, 1.82) is 0 Å². The van der Waals surface area contributed by atoms with Gasteiger partial charge in [0.1, 0.15) is 6.17 Å². The summed E-state index contributed by atoms with van der Waals surface area (Å²) < 4.78 is 12.6. The molecule has 0 atom stereocenters. The maximum absolute atomic E-state index is 12.6. The topological polar surface area (TPSA) is 20.3 Å². The summed E-state index contributed by atoms with van der Waals surface area (Å²) in [5.41, 5.74) is 1.86. The highest BCUT2D eigenvalue weighted by Crippen LogP contribution is 2.18. The van der Waals surface area contributed by atoms with Crippen molar-refractivity contribution in [2.75, 3.05) is 13.1 Å². The van der Waals surface area contributed by atoms with E-state index in [0.717, 1.165) is 0 Å². The van der Waals surface area contributed by atoms with Crippen molar-refractivity contribution >= 4 is 5.91 Å². The van der Waals surface area contributed by atoms with Gasteiger partial charge in [0.05, 0.1) is 13.1 Å². The maximum atomic E-state index is 12.6. The fourth-order valence-electron chi connectivity index (χ4n) is 1.78. The lowest BCUT2D eigenvalue weighted by Gasteiger charge is -2.34. The third-order valence-electron chi connectivity index (χ3n) is 2.95. The third kappa shape index (κ3) is 2.08. The number of hydrogen-bond acceptors (Lipinski definition) is 1. The smallest absolute Gasteiger partial charge is 0.254 e. The van der Waals surface area contributed by atoms with Gasteiger partial charge in [-0.3, -0.25) is 4.79 Å². The molecule has 1 aliphatic heterocycles. The Morgan fingerprint density at radius 2 is 1.88 bits per heavy atom. The average Bonchev–Trinajstić information content (AvgIpc) is 2.24. The predicted molar refractivity (Wildman–Crippen MR) is 61.3 cm³/mol. The lowest BCUT2D eigenvalue weighted by molar-refractivity contribution is 0.0400. The van der Waals surface area contributed by atoms with Gasteiger partial charge in [-0.1, -0.05) is 26.0 Å². The summed E-state index contributed by atoms with van der Waals surface area (Å²) in [6, 6.07) is 7.57. The van der Waals surface area contributed by atoms with Crippen LogP contribution in [0.4, 0.5) is 4.39 Å². The van der Waals surface area contributed by atoms with E-state index in [-0.39, 0.29) is 19.0 Å². The fourth-order valence-corrected chi connectivity index (χ4v) is 1.78. The molecule has 2 nitrogen and oxygen atoms in total. The quantitative estimate of drug-likeness (QED) is 0.751.